The van der Waals surface area contributed by atoms with Crippen LogP contribution in [0, 0.1) is 11.3 Å². The van der Waals surface area contributed by atoms with E-state index >= 15 is 0 Å². The molecule has 1 amide bonds. The van der Waals surface area contributed by atoms with E-state index < -0.39 is 15.3 Å². The summed E-state index contributed by atoms with van der Waals surface area (Å²) >= 11 is 1.21. The predicted molar refractivity (Wildman–Crippen MR) is 105 cm³/mol. The van der Waals surface area contributed by atoms with Gasteiger partial charge in [-0.1, -0.05) is 25.1 Å². The second-order valence-corrected chi connectivity index (χ2v) is 8.73. The van der Waals surface area contributed by atoms with Crippen molar-refractivity contribution in [2.24, 2.45) is 5.14 Å². The molecule has 3 N–H and O–H groups in total. The summed E-state index contributed by atoms with van der Waals surface area (Å²) in [5.41, 5.74) is 1.76. The molecular formula is C18H20N4O3S2. The molecule has 1 atom stereocenters. The second kappa shape index (κ2) is 8.99. The van der Waals surface area contributed by atoms with Crippen LogP contribution in [0.2, 0.25) is 0 Å². The van der Waals surface area contributed by atoms with Crippen molar-refractivity contribution in [3.05, 3.63) is 47.7 Å². The van der Waals surface area contributed by atoms with Gasteiger partial charge < -0.3 is 5.32 Å². The van der Waals surface area contributed by atoms with Gasteiger partial charge >= 0.3 is 0 Å². The molecule has 0 saturated carbocycles. The number of hydrogen-bond acceptors (Lipinski definition) is 6. The molecule has 1 aromatic carbocycles. The Kier molecular flexibility index (Phi) is 6.96. The Labute approximate surface area is 163 Å². The number of anilines is 1. The van der Waals surface area contributed by atoms with E-state index in [0.29, 0.717) is 16.3 Å². The lowest BCUT2D eigenvalue weighted by Gasteiger charge is -2.13. The van der Waals surface area contributed by atoms with E-state index in [1.165, 1.54) is 36.0 Å². The number of rotatable bonds is 7. The molecule has 142 valence electrons. The van der Waals surface area contributed by atoms with Gasteiger partial charge in [0.15, 0.2) is 0 Å². The van der Waals surface area contributed by atoms with Crippen LogP contribution in [-0.2, 0) is 21.2 Å². The monoisotopic (exact) mass is 404 g/mol. The van der Waals surface area contributed by atoms with Crippen molar-refractivity contribution in [2.45, 2.75) is 41.9 Å². The smallest absolute Gasteiger partial charge is 0.238 e. The zero-order valence-corrected chi connectivity index (χ0v) is 16.6. The molecule has 1 unspecified atom stereocenters. The quantitative estimate of drug-likeness (QED) is 0.683. The number of primary sulfonamides is 1. The van der Waals surface area contributed by atoms with Crippen LogP contribution in [0.15, 0.2) is 46.3 Å². The van der Waals surface area contributed by atoms with Crippen LogP contribution >= 0.6 is 11.8 Å². The number of benzene rings is 1. The summed E-state index contributed by atoms with van der Waals surface area (Å²) in [7, 11) is -3.78. The number of sulfonamides is 1. The van der Waals surface area contributed by atoms with E-state index in [1.807, 2.05) is 13.0 Å². The third-order valence-corrected chi connectivity index (χ3v) is 5.68. The number of nitrogens with two attached hydrogens (primary N) is 1. The first-order chi connectivity index (χ1) is 12.7. The van der Waals surface area contributed by atoms with Crippen LogP contribution in [-0.4, -0.2) is 24.6 Å². The zero-order chi connectivity index (χ0) is 20.0. The van der Waals surface area contributed by atoms with Gasteiger partial charge in [0.25, 0.3) is 0 Å². The number of pyridine rings is 1. The lowest BCUT2D eigenvalue weighted by Crippen LogP contribution is -2.22. The Morgan fingerprint density at radius 2 is 1.96 bits per heavy atom. The average molecular weight is 405 g/mol. The van der Waals surface area contributed by atoms with Crippen molar-refractivity contribution in [2.75, 3.05) is 5.32 Å². The van der Waals surface area contributed by atoms with Gasteiger partial charge in [0, 0.05) is 11.4 Å². The molecule has 0 aliphatic rings. The average Bonchev–Trinajstić information content (AvgIpc) is 2.62. The first kappa shape index (κ1) is 20.9. The number of carbonyl (C=O) groups is 1. The van der Waals surface area contributed by atoms with Crippen molar-refractivity contribution in [1.29, 1.82) is 5.26 Å². The van der Waals surface area contributed by atoms with E-state index in [9.17, 15) is 18.5 Å². The number of amides is 1. The molecule has 9 heteroatoms. The molecular weight excluding hydrogens is 384 g/mol. The molecule has 0 aliphatic heterocycles. The van der Waals surface area contributed by atoms with Crippen molar-refractivity contribution >= 4 is 33.4 Å². The molecule has 1 heterocycles. The third-order valence-electron chi connectivity index (χ3n) is 3.65. The summed E-state index contributed by atoms with van der Waals surface area (Å²) < 4.78 is 22.5. The van der Waals surface area contributed by atoms with E-state index in [1.54, 1.807) is 13.0 Å². The lowest BCUT2D eigenvalue weighted by atomic mass is 10.2. The highest BCUT2D eigenvalue weighted by molar-refractivity contribution is 8.00. The fraction of sp³-hybridized carbons (Fsp3) is 0.278. The number of thioether (sulfide) groups is 1. The highest BCUT2D eigenvalue weighted by Crippen LogP contribution is 2.26. The maximum absolute atomic E-state index is 12.4. The Morgan fingerprint density at radius 3 is 2.52 bits per heavy atom. The van der Waals surface area contributed by atoms with Crippen LogP contribution in [0.4, 0.5) is 5.69 Å². The molecule has 7 nitrogen and oxygen atoms in total. The first-order valence-electron chi connectivity index (χ1n) is 8.25. The number of aromatic nitrogens is 1. The van der Waals surface area contributed by atoms with Crippen molar-refractivity contribution in [3.8, 4) is 6.07 Å². The molecule has 2 rings (SSSR count). The summed E-state index contributed by atoms with van der Waals surface area (Å²) in [6.07, 6.45) is 1.74. The number of nitrogens with one attached hydrogen (secondary N) is 1. The van der Waals surface area contributed by atoms with Gasteiger partial charge in [-0.3, -0.25) is 4.79 Å². The Balaban J connectivity index is 2.10. The Morgan fingerprint density at radius 1 is 1.30 bits per heavy atom. The minimum absolute atomic E-state index is 0.0291. The SMILES string of the molecule is CCCc1ccc(C#N)c(SC(C)C(=O)Nc2ccc(S(N)(=O)=O)cc2)n1. The first-order valence-corrected chi connectivity index (χ1v) is 10.7. The van der Waals surface area contributed by atoms with Crippen LogP contribution in [0.25, 0.3) is 0 Å². The maximum atomic E-state index is 12.4. The normalized spacial score (nSPS) is 12.2. The van der Waals surface area contributed by atoms with Crippen molar-refractivity contribution < 1.29 is 13.2 Å². The predicted octanol–water partition coefficient (Wildman–Crippen LogP) is 2.67. The fourth-order valence-corrected chi connectivity index (χ4v) is 3.67. The maximum Gasteiger partial charge on any atom is 0.238 e. The third kappa shape index (κ3) is 5.79. The van der Waals surface area contributed by atoms with Gasteiger partial charge in [-0.05, 0) is 49.7 Å². The van der Waals surface area contributed by atoms with Gasteiger partial charge in [0.1, 0.15) is 11.1 Å². The molecule has 0 bridgehead atoms. The van der Waals surface area contributed by atoms with Crippen LogP contribution in [0.5, 0.6) is 0 Å². The Hall–Kier alpha value is -2.41. The molecule has 0 spiro atoms. The standard InChI is InChI=1S/C18H20N4O3S2/c1-3-4-14-6-5-13(11-19)18(22-14)26-12(2)17(23)21-15-7-9-16(10-8-15)27(20,24)25/h5-10,12H,3-4H2,1-2H3,(H,21,23)(H2,20,24,25). The molecule has 0 aliphatic carbocycles. The fourth-order valence-electron chi connectivity index (χ4n) is 2.24. The van der Waals surface area contributed by atoms with Crippen LogP contribution in [0.3, 0.4) is 0 Å². The number of nitrogens with zero attached hydrogens (tertiary/aromatic N) is 2. The number of hydrogen-bond donors (Lipinski definition) is 2. The van der Waals surface area contributed by atoms with E-state index in [0.717, 1.165) is 18.5 Å². The lowest BCUT2D eigenvalue weighted by molar-refractivity contribution is -0.115. The molecule has 27 heavy (non-hydrogen) atoms. The number of nitriles is 1. The van der Waals surface area contributed by atoms with Gasteiger partial charge in [-0.15, -0.1) is 0 Å². The van der Waals surface area contributed by atoms with Gasteiger partial charge in [0.05, 0.1) is 15.7 Å². The van der Waals surface area contributed by atoms with Gasteiger partial charge in [-0.2, -0.15) is 5.26 Å². The molecule has 0 radical (unpaired) electrons. The summed E-state index contributed by atoms with van der Waals surface area (Å²) in [4.78, 5) is 16.9. The van der Waals surface area contributed by atoms with Crippen LogP contribution < -0.4 is 10.5 Å². The largest absolute Gasteiger partial charge is 0.325 e. The summed E-state index contributed by atoms with van der Waals surface area (Å²) in [5.74, 6) is -0.282. The van der Waals surface area contributed by atoms with Gasteiger partial charge in [-0.25, -0.2) is 18.5 Å². The number of aryl methyl sites for hydroxylation is 1. The van der Waals surface area contributed by atoms with Gasteiger partial charge in [0.2, 0.25) is 15.9 Å². The van der Waals surface area contributed by atoms with E-state index in [2.05, 4.69) is 16.4 Å². The van der Waals surface area contributed by atoms with E-state index in [-0.39, 0.29) is 10.8 Å². The molecule has 1 aromatic heterocycles. The molecule has 0 fully saturated rings. The topological polar surface area (TPSA) is 126 Å². The van der Waals surface area contributed by atoms with Crippen molar-refractivity contribution in [1.82, 2.24) is 4.98 Å². The highest BCUT2D eigenvalue weighted by atomic mass is 32.2. The minimum atomic E-state index is -3.78. The summed E-state index contributed by atoms with van der Waals surface area (Å²) in [6.45, 7) is 3.76. The summed E-state index contributed by atoms with van der Waals surface area (Å²) in [6, 6.07) is 11.2. The summed E-state index contributed by atoms with van der Waals surface area (Å²) in [5, 5.41) is 17.0. The van der Waals surface area contributed by atoms with Crippen molar-refractivity contribution in [3.63, 3.8) is 0 Å². The minimum Gasteiger partial charge on any atom is -0.325 e. The van der Waals surface area contributed by atoms with E-state index in [4.69, 9.17) is 5.14 Å². The number of carbonyl (C=O) groups excluding carboxylic acids is 1. The second-order valence-electron chi connectivity index (χ2n) is 5.84. The molecule has 0 saturated heterocycles. The highest BCUT2D eigenvalue weighted by Gasteiger charge is 2.18. The Bertz CT molecular complexity index is 967. The molecule has 2 aromatic rings. The van der Waals surface area contributed by atoms with Crippen LogP contribution in [0.1, 0.15) is 31.5 Å². The zero-order valence-electron chi connectivity index (χ0n) is 15.0.